The summed E-state index contributed by atoms with van der Waals surface area (Å²) in [5.74, 6) is -0.0464. The van der Waals surface area contributed by atoms with E-state index in [-0.39, 0.29) is 5.91 Å². The fourth-order valence-electron chi connectivity index (χ4n) is 2.85. The summed E-state index contributed by atoms with van der Waals surface area (Å²) in [5.41, 5.74) is 1.84. The summed E-state index contributed by atoms with van der Waals surface area (Å²) in [5, 5.41) is 4.02. The molecular weight excluding hydrogens is 355 g/mol. The van der Waals surface area contributed by atoms with E-state index >= 15 is 0 Å². The normalized spacial score (nSPS) is 16.4. The Morgan fingerprint density at radius 2 is 1.96 bits per heavy atom. The SMILES string of the molecule is CC(/C=C/c1ccc(Cl)c(Cl)c1)=C\C(=O)NCCCN1CCCCC1. The topological polar surface area (TPSA) is 32.3 Å². The van der Waals surface area contributed by atoms with Crippen LogP contribution in [0.4, 0.5) is 0 Å². The van der Waals surface area contributed by atoms with E-state index in [0.29, 0.717) is 10.0 Å². The fraction of sp³-hybridized carbons (Fsp3) is 0.450. The second-order valence-corrected chi connectivity index (χ2v) is 7.26. The van der Waals surface area contributed by atoms with Crippen LogP contribution in [0, 0.1) is 0 Å². The van der Waals surface area contributed by atoms with Crippen molar-refractivity contribution in [3.63, 3.8) is 0 Å². The highest BCUT2D eigenvalue weighted by molar-refractivity contribution is 6.42. The van der Waals surface area contributed by atoms with E-state index in [2.05, 4.69) is 10.2 Å². The molecule has 1 aromatic rings. The molecule has 0 unspecified atom stereocenters. The van der Waals surface area contributed by atoms with Crippen LogP contribution in [-0.4, -0.2) is 37.0 Å². The molecule has 0 bridgehead atoms. The van der Waals surface area contributed by atoms with Crippen molar-refractivity contribution in [3.8, 4) is 0 Å². The Morgan fingerprint density at radius 3 is 2.68 bits per heavy atom. The van der Waals surface area contributed by atoms with Crippen LogP contribution in [0.25, 0.3) is 6.08 Å². The maximum Gasteiger partial charge on any atom is 0.244 e. The molecule has 1 aliphatic heterocycles. The molecule has 2 rings (SSSR count). The van der Waals surface area contributed by atoms with Crippen LogP contribution in [0.5, 0.6) is 0 Å². The van der Waals surface area contributed by atoms with Gasteiger partial charge in [0, 0.05) is 12.6 Å². The molecule has 0 radical (unpaired) electrons. The van der Waals surface area contributed by atoms with Crippen LogP contribution < -0.4 is 5.32 Å². The lowest BCUT2D eigenvalue weighted by Crippen LogP contribution is -2.33. The first-order valence-electron chi connectivity index (χ1n) is 8.86. The predicted octanol–water partition coefficient (Wildman–Crippen LogP) is 4.95. The van der Waals surface area contributed by atoms with Crippen molar-refractivity contribution in [1.82, 2.24) is 10.2 Å². The van der Waals surface area contributed by atoms with E-state index in [1.807, 2.05) is 25.1 Å². The van der Waals surface area contributed by atoms with Crippen molar-refractivity contribution in [2.45, 2.75) is 32.6 Å². The number of hydrogen-bond acceptors (Lipinski definition) is 2. The number of amides is 1. The Balaban J connectivity index is 1.71. The molecule has 1 N–H and O–H groups in total. The summed E-state index contributed by atoms with van der Waals surface area (Å²) in [6.07, 6.45) is 10.4. The molecule has 1 fully saturated rings. The van der Waals surface area contributed by atoms with E-state index in [9.17, 15) is 4.79 Å². The van der Waals surface area contributed by atoms with Gasteiger partial charge in [0.25, 0.3) is 0 Å². The second kappa shape index (κ2) is 10.6. The van der Waals surface area contributed by atoms with E-state index in [0.717, 1.165) is 30.6 Å². The third kappa shape index (κ3) is 7.64. The molecule has 0 atom stereocenters. The number of likely N-dealkylation sites (tertiary alicyclic amines) is 1. The van der Waals surface area contributed by atoms with Crippen LogP contribution in [-0.2, 0) is 4.79 Å². The standard InChI is InChI=1S/C20H26Cl2N2O/c1-16(6-7-17-8-9-18(21)19(22)15-17)14-20(25)23-10-5-13-24-11-3-2-4-12-24/h6-9,14-15H,2-5,10-13H2,1H3,(H,23,25)/b7-6+,16-14+. The van der Waals surface area contributed by atoms with Crippen molar-refractivity contribution in [2.75, 3.05) is 26.2 Å². The van der Waals surface area contributed by atoms with Gasteiger partial charge in [0.15, 0.2) is 0 Å². The molecule has 1 saturated heterocycles. The summed E-state index contributed by atoms with van der Waals surface area (Å²) in [4.78, 5) is 14.4. The molecule has 0 saturated carbocycles. The highest BCUT2D eigenvalue weighted by Gasteiger charge is 2.08. The molecule has 1 amide bonds. The number of allylic oxidation sites excluding steroid dienone is 2. The number of carbonyl (C=O) groups is 1. The van der Waals surface area contributed by atoms with Crippen molar-refractivity contribution in [1.29, 1.82) is 0 Å². The molecule has 0 aromatic heterocycles. The molecule has 1 heterocycles. The van der Waals surface area contributed by atoms with Gasteiger partial charge < -0.3 is 10.2 Å². The Kier molecular flexibility index (Phi) is 8.53. The fourth-order valence-corrected chi connectivity index (χ4v) is 3.15. The lowest BCUT2D eigenvalue weighted by atomic mass is 10.1. The lowest BCUT2D eigenvalue weighted by molar-refractivity contribution is -0.116. The van der Waals surface area contributed by atoms with Gasteiger partial charge in [-0.15, -0.1) is 0 Å². The minimum absolute atomic E-state index is 0.0464. The minimum atomic E-state index is -0.0464. The molecule has 25 heavy (non-hydrogen) atoms. The summed E-state index contributed by atoms with van der Waals surface area (Å²) in [7, 11) is 0. The number of hydrogen-bond donors (Lipinski definition) is 1. The van der Waals surface area contributed by atoms with Gasteiger partial charge in [-0.1, -0.05) is 47.8 Å². The number of carbonyl (C=O) groups excluding carboxylic acids is 1. The first kappa shape index (κ1) is 20.0. The van der Waals surface area contributed by atoms with Crippen molar-refractivity contribution < 1.29 is 4.79 Å². The molecular formula is C20H26Cl2N2O. The van der Waals surface area contributed by atoms with Crippen LogP contribution >= 0.6 is 23.2 Å². The number of halogens is 2. The highest BCUT2D eigenvalue weighted by atomic mass is 35.5. The zero-order valence-electron chi connectivity index (χ0n) is 14.7. The summed E-state index contributed by atoms with van der Waals surface area (Å²) in [6.45, 7) is 6.09. The van der Waals surface area contributed by atoms with Crippen LogP contribution in [0.1, 0.15) is 38.2 Å². The summed E-state index contributed by atoms with van der Waals surface area (Å²) < 4.78 is 0. The van der Waals surface area contributed by atoms with Gasteiger partial charge >= 0.3 is 0 Å². The molecule has 0 spiro atoms. The number of nitrogens with zero attached hydrogens (tertiary/aromatic N) is 1. The summed E-state index contributed by atoms with van der Waals surface area (Å²) >= 11 is 11.9. The van der Waals surface area contributed by atoms with Gasteiger partial charge in [-0.25, -0.2) is 0 Å². The molecule has 136 valence electrons. The molecule has 0 aliphatic carbocycles. The van der Waals surface area contributed by atoms with Crippen molar-refractivity contribution in [2.24, 2.45) is 0 Å². The van der Waals surface area contributed by atoms with Crippen LogP contribution in [0.3, 0.4) is 0 Å². The molecule has 3 nitrogen and oxygen atoms in total. The maximum atomic E-state index is 11.9. The number of piperidine rings is 1. The van der Waals surface area contributed by atoms with Gasteiger partial charge in [0.05, 0.1) is 10.0 Å². The second-order valence-electron chi connectivity index (χ2n) is 6.44. The van der Waals surface area contributed by atoms with Crippen LogP contribution in [0.15, 0.2) is 35.9 Å². The average molecular weight is 381 g/mol. The molecule has 5 heteroatoms. The summed E-state index contributed by atoms with van der Waals surface area (Å²) in [6, 6.07) is 5.45. The van der Waals surface area contributed by atoms with Gasteiger partial charge in [-0.3, -0.25) is 4.79 Å². The van der Waals surface area contributed by atoms with Gasteiger partial charge in [0.1, 0.15) is 0 Å². The minimum Gasteiger partial charge on any atom is -0.352 e. The maximum absolute atomic E-state index is 11.9. The quantitative estimate of drug-likeness (QED) is 0.412. The van der Waals surface area contributed by atoms with E-state index in [1.165, 1.54) is 32.4 Å². The Hall–Kier alpha value is -1.29. The largest absolute Gasteiger partial charge is 0.352 e. The third-order valence-electron chi connectivity index (χ3n) is 4.24. The van der Waals surface area contributed by atoms with Gasteiger partial charge in [-0.05, 0) is 69.1 Å². The van der Waals surface area contributed by atoms with Gasteiger partial charge in [-0.2, -0.15) is 0 Å². The van der Waals surface area contributed by atoms with Crippen LogP contribution in [0.2, 0.25) is 10.0 Å². The Labute approximate surface area is 160 Å². The van der Waals surface area contributed by atoms with Crippen molar-refractivity contribution >= 4 is 35.2 Å². The van der Waals surface area contributed by atoms with E-state index in [1.54, 1.807) is 18.2 Å². The predicted molar refractivity (Wildman–Crippen MR) is 107 cm³/mol. The number of nitrogens with one attached hydrogen (secondary N) is 1. The highest BCUT2D eigenvalue weighted by Crippen LogP contribution is 2.23. The third-order valence-corrected chi connectivity index (χ3v) is 4.98. The zero-order valence-corrected chi connectivity index (χ0v) is 16.2. The van der Waals surface area contributed by atoms with Gasteiger partial charge in [0.2, 0.25) is 5.91 Å². The van der Waals surface area contributed by atoms with Crippen molar-refractivity contribution in [3.05, 3.63) is 51.5 Å². The average Bonchev–Trinajstić information content (AvgIpc) is 2.61. The lowest BCUT2D eigenvalue weighted by Gasteiger charge is -2.26. The Morgan fingerprint density at radius 1 is 1.20 bits per heavy atom. The smallest absolute Gasteiger partial charge is 0.244 e. The molecule has 1 aliphatic rings. The number of benzene rings is 1. The zero-order chi connectivity index (χ0) is 18.1. The monoisotopic (exact) mass is 380 g/mol. The first-order valence-corrected chi connectivity index (χ1v) is 9.62. The van der Waals surface area contributed by atoms with E-state index in [4.69, 9.17) is 23.2 Å². The van der Waals surface area contributed by atoms with E-state index < -0.39 is 0 Å². The first-order chi connectivity index (χ1) is 12.0. The molecule has 1 aromatic carbocycles. The number of rotatable bonds is 7. The Bertz CT molecular complexity index is 635.